The first kappa shape index (κ1) is 39.9. The van der Waals surface area contributed by atoms with E-state index in [9.17, 15) is 4.39 Å². The Kier molecular flexibility index (Phi) is 21.0. The predicted octanol–water partition coefficient (Wildman–Crippen LogP) is 7.14. The van der Waals surface area contributed by atoms with Crippen LogP contribution in [0.1, 0.15) is 38.9 Å². The molecule has 0 bridgehead atoms. The van der Waals surface area contributed by atoms with Gasteiger partial charge in [0.15, 0.2) is 0 Å². The van der Waals surface area contributed by atoms with Gasteiger partial charge in [-0.1, -0.05) is 108 Å². The van der Waals surface area contributed by atoms with Gasteiger partial charge in [0.25, 0.3) is 0 Å². The molecule has 0 aliphatic rings. The molecule has 5 rings (SSSR count). The zero-order valence-corrected chi connectivity index (χ0v) is 27.9. The number of hydrogen-bond acceptors (Lipinski definition) is 6. The van der Waals surface area contributed by atoms with Crippen molar-refractivity contribution in [1.82, 2.24) is 0 Å². The second-order valence-electron chi connectivity index (χ2n) is 10.1. The molecule has 0 saturated heterocycles. The van der Waals surface area contributed by atoms with E-state index in [1.54, 1.807) is 19.2 Å². The molecule has 5 aromatic rings. The largest absolute Gasteiger partial charge is 0.497 e. The van der Waals surface area contributed by atoms with E-state index >= 15 is 0 Å². The summed E-state index contributed by atoms with van der Waals surface area (Å²) in [5.74, 6) is 0.657. The van der Waals surface area contributed by atoms with Crippen LogP contribution in [0.5, 0.6) is 5.75 Å². The topological polar surface area (TPSA) is 139 Å². The molecule has 10 N–H and O–H groups in total. The fraction of sp³-hybridized carbons (Fsp3) is 0.211. The monoisotopic (exact) mass is 645 g/mol. The molecular formula is C38H49ClFN5O. The van der Waals surface area contributed by atoms with E-state index < -0.39 is 0 Å². The first-order chi connectivity index (χ1) is 22.2. The minimum absolute atomic E-state index is 0.216. The van der Waals surface area contributed by atoms with Gasteiger partial charge in [-0.25, -0.2) is 4.39 Å². The molecule has 46 heavy (non-hydrogen) atoms. The lowest BCUT2D eigenvalue weighted by Crippen LogP contribution is -1.95. The molecule has 0 spiro atoms. The highest BCUT2D eigenvalue weighted by atomic mass is 35.5. The van der Waals surface area contributed by atoms with Gasteiger partial charge in [-0.3, -0.25) is 0 Å². The van der Waals surface area contributed by atoms with Crippen LogP contribution < -0.4 is 33.4 Å². The molecule has 0 aliphatic heterocycles. The maximum absolute atomic E-state index is 12.2. The number of benzene rings is 5. The SMILES string of the molecule is COc1ccc(CN)cc1.Cc1ccc(CN)cc1.Cc1cccc(CN)c1.NCc1ccc(Cl)cc1.NCc1ccc(F)cc1. The summed E-state index contributed by atoms with van der Waals surface area (Å²) in [6, 6.07) is 37.9. The zero-order valence-electron chi connectivity index (χ0n) is 27.1. The zero-order chi connectivity index (χ0) is 34.2. The van der Waals surface area contributed by atoms with Crippen LogP contribution in [0.15, 0.2) is 121 Å². The third-order valence-corrected chi connectivity index (χ3v) is 6.62. The van der Waals surface area contributed by atoms with Crippen molar-refractivity contribution in [3.05, 3.63) is 171 Å². The van der Waals surface area contributed by atoms with Gasteiger partial charge in [-0.05, 0) is 78.1 Å². The summed E-state index contributed by atoms with van der Waals surface area (Å²) >= 11 is 5.63. The van der Waals surface area contributed by atoms with E-state index in [0.717, 1.165) is 27.5 Å². The molecule has 8 heteroatoms. The minimum atomic E-state index is -0.216. The Bertz CT molecular complexity index is 1330. The Hall–Kier alpha value is -4.08. The van der Waals surface area contributed by atoms with E-state index in [1.807, 2.05) is 60.7 Å². The molecule has 0 aliphatic carbocycles. The van der Waals surface area contributed by atoms with Crippen LogP contribution in [-0.2, 0) is 32.7 Å². The lowest BCUT2D eigenvalue weighted by atomic mass is 10.1. The fourth-order valence-electron chi connectivity index (χ4n) is 3.57. The van der Waals surface area contributed by atoms with Crippen molar-refractivity contribution >= 4 is 11.6 Å². The van der Waals surface area contributed by atoms with Gasteiger partial charge in [0.2, 0.25) is 0 Å². The third-order valence-electron chi connectivity index (χ3n) is 6.37. The Morgan fingerprint density at radius 1 is 0.500 bits per heavy atom. The number of methoxy groups -OCH3 is 1. The molecule has 0 saturated carbocycles. The number of rotatable bonds is 6. The van der Waals surface area contributed by atoms with Gasteiger partial charge < -0.3 is 33.4 Å². The molecule has 0 unspecified atom stereocenters. The highest BCUT2D eigenvalue weighted by molar-refractivity contribution is 6.30. The van der Waals surface area contributed by atoms with Gasteiger partial charge in [0.05, 0.1) is 7.11 Å². The molecule has 246 valence electrons. The summed E-state index contributed by atoms with van der Waals surface area (Å²) in [6.07, 6.45) is 0. The van der Waals surface area contributed by atoms with Gasteiger partial charge in [0.1, 0.15) is 11.6 Å². The molecule has 0 heterocycles. The molecule has 0 radical (unpaired) electrons. The van der Waals surface area contributed by atoms with Crippen molar-refractivity contribution in [2.45, 2.75) is 46.6 Å². The van der Waals surface area contributed by atoms with Crippen molar-refractivity contribution in [3.8, 4) is 5.75 Å². The Morgan fingerprint density at radius 2 is 0.891 bits per heavy atom. The van der Waals surface area contributed by atoms with E-state index in [2.05, 4.69) is 50.2 Å². The van der Waals surface area contributed by atoms with Crippen LogP contribution in [-0.4, -0.2) is 7.11 Å². The fourth-order valence-corrected chi connectivity index (χ4v) is 3.69. The lowest BCUT2D eigenvalue weighted by molar-refractivity contribution is 0.414. The van der Waals surface area contributed by atoms with Crippen LogP contribution in [0.2, 0.25) is 5.02 Å². The van der Waals surface area contributed by atoms with E-state index in [0.29, 0.717) is 32.7 Å². The molecular weight excluding hydrogens is 597 g/mol. The predicted molar refractivity (Wildman–Crippen MR) is 193 cm³/mol. The molecule has 5 aromatic carbocycles. The van der Waals surface area contributed by atoms with E-state index in [1.165, 1.54) is 34.4 Å². The Balaban J connectivity index is 0.000000288. The average molecular weight is 646 g/mol. The van der Waals surface area contributed by atoms with Gasteiger partial charge in [-0.15, -0.1) is 0 Å². The summed E-state index contributed by atoms with van der Waals surface area (Å²) in [4.78, 5) is 0. The summed E-state index contributed by atoms with van der Waals surface area (Å²) in [7, 11) is 1.65. The van der Waals surface area contributed by atoms with E-state index in [4.69, 9.17) is 45.0 Å². The van der Waals surface area contributed by atoms with E-state index in [-0.39, 0.29) is 5.82 Å². The number of halogens is 2. The van der Waals surface area contributed by atoms with Gasteiger partial charge >= 0.3 is 0 Å². The maximum Gasteiger partial charge on any atom is 0.123 e. The van der Waals surface area contributed by atoms with Crippen LogP contribution in [0.4, 0.5) is 4.39 Å². The lowest BCUT2D eigenvalue weighted by Gasteiger charge is -1.99. The number of ether oxygens (including phenoxy) is 1. The number of aryl methyl sites for hydroxylation is 2. The van der Waals surface area contributed by atoms with Crippen molar-refractivity contribution in [2.24, 2.45) is 28.7 Å². The molecule has 6 nitrogen and oxygen atoms in total. The average Bonchev–Trinajstić information content (AvgIpc) is 3.10. The molecule has 0 amide bonds. The number of nitrogens with two attached hydrogens (primary N) is 5. The highest BCUT2D eigenvalue weighted by Crippen LogP contribution is 2.10. The first-order valence-corrected chi connectivity index (χ1v) is 15.3. The van der Waals surface area contributed by atoms with Crippen LogP contribution in [0.3, 0.4) is 0 Å². The maximum atomic E-state index is 12.2. The Morgan fingerprint density at radius 3 is 1.26 bits per heavy atom. The number of hydrogen-bond donors (Lipinski definition) is 5. The second kappa shape index (κ2) is 24.2. The molecule has 0 atom stereocenters. The van der Waals surface area contributed by atoms with Crippen LogP contribution in [0.25, 0.3) is 0 Å². The quantitative estimate of drug-likeness (QED) is 0.133. The summed E-state index contributed by atoms with van der Waals surface area (Å²) in [5, 5.41) is 0.757. The first-order valence-electron chi connectivity index (χ1n) is 14.9. The van der Waals surface area contributed by atoms with Crippen LogP contribution >= 0.6 is 11.6 Å². The summed E-state index contributed by atoms with van der Waals surface area (Å²) in [5.41, 5.74) is 35.0. The van der Waals surface area contributed by atoms with Gasteiger partial charge in [0, 0.05) is 37.7 Å². The Labute approximate surface area is 279 Å². The third kappa shape index (κ3) is 18.0. The summed E-state index contributed by atoms with van der Waals surface area (Å²) < 4.78 is 17.2. The molecule has 0 aromatic heterocycles. The van der Waals surface area contributed by atoms with Crippen molar-refractivity contribution < 1.29 is 9.13 Å². The smallest absolute Gasteiger partial charge is 0.123 e. The highest BCUT2D eigenvalue weighted by Gasteiger charge is 1.90. The van der Waals surface area contributed by atoms with Crippen molar-refractivity contribution in [2.75, 3.05) is 7.11 Å². The molecule has 0 fully saturated rings. The minimum Gasteiger partial charge on any atom is -0.497 e. The van der Waals surface area contributed by atoms with Crippen LogP contribution in [0, 0.1) is 19.7 Å². The van der Waals surface area contributed by atoms with Gasteiger partial charge in [-0.2, -0.15) is 0 Å². The standard InChI is InChI=1S/C8H11NO.2C8H11N.C7H8ClN.C7H8FN/c1-10-8-4-2-7(6-9)3-5-8;1-7-2-4-8(6-9)5-3-7;1-7-3-2-4-8(5-7)6-9;2*8-7-3-1-6(5-9)2-4-7/h2-5H,6,9H2,1H3;2*2-5H,6,9H2,1H3;2*1-4H,5,9H2. The second-order valence-corrected chi connectivity index (χ2v) is 10.5. The summed E-state index contributed by atoms with van der Waals surface area (Å²) in [6.45, 7) is 7.06. The van der Waals surface area contributed by atoms with Crippen molar-refractivity contribution in [1.29, 1.82) is 0 Å². The van der Waals surface area contributed by atoms with Crippen molar-refractivity contribution in [3.63, 3.8) is 0 Å². The normalized spacial score (nSPS) is 9.52.